The quantitative estimate of drug-likeness (QED) is 0.852. The second-order valence-electron chi connectivity index (χ2n) is 4.94. The van der Waals surface area contributed by atoms with Gasteiger partial charge in [-0.05, 0) is 19.1 Å². The molecule has 1 aromatic carbocycles. The monoisotopic (exact) mass is 296 g/mol. The van der Waals surface area contributed by atoms with Crippen molar-refractivity contribution in [3.8, 4) is 5.75 Å². The van der Waals surface area contributed by atoms with E-state index in [1.807, 2.05) is 0 Å². The highest BCUT2D eigenvalue weighted by molar-refractivity contribution is 5.80. The number of amides is 1. The van der Waals surface area contributed by atoms with Crippen LogP contribution in [0.5, 0.6) is 5.75 Å². The molecule has 0 spiro atoms. The van der Waals surface area contributed by atoms with Gasteiger partial charge in [-0.15, -0.1) is 0 Å². The number of nitrogens with one attached hydrogen (secondary N) is 1. The molecule has 5 nitrogen and oxygen atoms in total. The third kappa shape index (κ3) is 4.99. The third-order valence-corrected chi connectivity index (χ3v) is 3.34. The van der Waals surface area contributed by atoms with Gasteiger partial charge in [0.1, 0.15) is 0 Å². The number of morpholine rings is 1. The van der Waals surface area contributed by atoms with Crippen molar-refractivity contribution >= 4 is 5.91 Å². The number of rotatable bonds is 6. The second-order valence-corrected chi connectivity index (χ2v) is 4.94. The van der Waals surface area contributed by atoms with Gasteiger partial charge in [0.05, 0.1) is 13.2 Å². The lowest BCUT2D eigenvalue weighted by Crippen LogP contribution is -2.43. The highest BCUT2D eigenvalue weighted by Gasteiger charge is 2.16. The fraction of sp³-hybridized carbons (Fsp3) is 0.533. The summed E-state index contributed by atoms with van der Waals surface area (Å²) >= 11 is 0. The molecule has 2 rings (SSSR count). The van der Waals surface area contributed by atoms with Crippen molar-refractivity contribution in [2.45, 2.75) is 13.0 Å². The lowest BCUT2D eigenvalue weighted by atomic mass is 10.3. The number of ether oxygens (including phenoxy) is 2. The number of hydrogen-bond donors (Lipinski definition) is 1. The summed E-state index contributed by atoms with van der Waals surface area (Å²) in [5, 5.41) is 2.80. The maximum Gasteiger partial charge on any atom is 0.260 e. The first-order valence-electron chi connectivity index (χ1n) is 7.16. The van der Waals surface area contributed by atoms with E-state index in [1.54, 1.807) is 19.1 Å². The first-order chi connectivity index (χ1) is 10.2. The standard InChI is InChI=1S/C15H21FN2O3/c1-12(21-14-5-3-2-4-13(14)16)15(19)17-6-7-18-8-10-20-11-9-18/h2-5,12H,6-11H2,1H3,(H,17,19). The topological polar surface area (TPSA) is 50.8 Å². The molecule has 0 radical (unpaired) electrons. The minimum Gasteiger partial charge on any atom is -0.478 e. The number of carbonyl (C=O) groups excluding carboxylic acids is 1. The lowest BCUT2D eigenvalue weighted by Gasteiger charge is -2.26. The molecule has 1 aliphatic rings. The van der Waals surface area contributed by atoms with Crippen molar-refractivity contribution in [2.24, 2.45) is 0 Å². The zero-order valence-electron chi connectivity index (χ0n) is 12.2. The van der Waals surface area contributed by atoms with Crippen LogP contribution in [0.25, 0.3) is 0 Å². The molecule has 1 atom stereocenters. The lowest BCUT2D eigenvalue weighted by molar-refractivity contribution is -0.127. The number of carbonyl (C=O) groups is 1. The van der Waals surface area contributed by atoms with Crippen LogP contribution in [0.2, 0.25) is 0 Å². The summed E-state index contributed by atoms with van der Waals surface area (Å²) < 4.78 is 24.0. The Morgan fingerprint density at radius 2 is 2.14 bits per heavy atom. The number of nitrogens with zero attached hydrogens (tertiary/aromatic N) is 1. The number of para-hydroxylation sites is 1. The highest BCUT2D eigenvalue weighted by atomic mass is 19.1. The van der Waals surface area contributed by atoms with Gasteiger partial charge in [-0.25, -0.2) is 4.39 Å². The largest absolute Gasteiger partial charge is 0.478 e. The molecule has 1 heterocycles. The predicted octanol–water partition coefficient (Wildman–Crippen LogP) is 1.04. The molecule has 0 aromatic heterocycles. The van der Waals surface area contributed by atoms with Gasteiger partial charge in [-0.3, -0.25) is 9.69 Å². The van der Waals surface area contributed by atoms with Crippen LogP contribution in [0.1, 0.15) is 6.92 Å². The van der Waals surface area contributed by atoms with E-state index in [4.69, 9.17) is 9.47 Å². The predicted molar refractivity (Wildman–Crippen MR) is 76.8 cm³/mol. The van der Waals surface area contributed by atoms with Crippen molar-refractivity contribution < 1.29 is 18.7 Å². The molecule has 21 heavy (non-hydrogen) atoms. The van der Waals surface area contributed by atoms with E-state index in [1.165, 1.54) is 12.1 Å². The van der Waals surface area contributed by atoms with E-state index < -0.39 is 11.9 Å². The molecule has 0 saturated carbocycles. The molecule has 1 saturated heterocycles. The van der Waals surface area contributed by atoms with Crippen LogP contribution in [0, 0.1) is 5.82 Å². The van der Waals surface area contributed by atoms with Crippen LogP contribution in [0.15, 0.2) is 24.3 Å². The van der Waals surface area contributed by atoms with Gasteiger partial charge in [0.25, 0.3) is 5.91 Å². The summed E-state index contributed by atoms with van der Waals surface area (Å²) in [5.74, 6) is -0.620. The Morgan fingerprint density at radius 3 is 2.86 bits per heavy atom. The van der Waals surface area contributed by atoms with Gasteiger partial charge >= 0.3 is 0 Å². The van der Waals surface area contributed by atoms with Gasteiger partial charge in [0.15, 0.2) is 17.7 Å². The minimum atomic E-state index is -0.730. The fourth-order valence-corrected chi connectivity index (χ4v) is 2.09. The summed E-state index contributed by atoms with van der Waals surface area (Å²) in [6.45, 7) is 6.18. The van der Waals surface area contributed by atoms with Crippen LogP contribution in [0.3, 0.4) is 0 Å². The van der Waals surface area contributed by atoms with Crippen molar-refractivity contribution in [3.05, 3.63) is 30.1 Å². The van der Waals surface area contributed by atoms with Crippen LogP contribution < -0.4 is 10.1 Å². The molecular weight excluding hydrogens is 275 g/mol. The molecule has 1 unspecified atom stereocenters. The average molecular weight is 296 g/mol. The smallest absolute Gasteiger partial charge is 0.260 e. The Bertz CT molecular complexity index is 464. The van der Waals surface area contributed by atoms with E-state index in [9.17, 15) is 9.18 Å². The van der Waals surface area contributed by atoms with Gasteiger partial charge < -0.3 is 14.8 Å². The number of benzene rings is 1. The summed E-state index contributed by atoms with van der Waals surface area (Å²) in [6.07, 6.45) is -0.730. The minimum absolute atomic E-state index is 0.0910. The molecule has 1 aliphatic heterocycles. The van der Waals surface area contributed by atoms with Crippen LogP contribution in [0.4, 0.5) is 4.39 Å². The maximum absolute atomic E-state index is 13.4. The molecule has 6 heteroatoms. The molecule has 116 valence electrons. The average Bonchev–Trinajstić information content (AvgIpc) is 2.50. The van der Waals surface area contributed by atoms with Crippen molar-refractivity contribution in [1.29, 1.82) is 0 Å². The van der Waals surface area contributed by atoms with E-state index in [0.29, 0.717) is 6.54 Å². The Balaban J connectivity index is 1.71. The van der Waals surface area contributed by atoms with Crippen molar-refractivity contribution in [3.63, 3.8) is 0 Å². The van der Waals surface area contributed by atoms with Gasteiger partial charge in [0.2, 0.25) is 0 Å². The zero-order valence-corrected chi connectivity index (χ0v) is 12.2. The highest BCUT2D eigenvalue weighted by Crippen LogP contribution is 2.16. The SMILES string of the molecule is CC(Oc1ccccc1F)C(=O)NCCN1CCOCC1. The maximum atomic E-state index is 13.4. The normalized spacial score (nSPS) is 17.2. The Morgan fingerprint density at radius 1 is 1.43 bits per heavy atom. The fourth-order valence-electron chi connectivity index (χ4n) is 2.09. The summed E-state index contributed by atoms with van der Waals surface area (Å²) in [7, 11) is 0. The molecule has 1 N–H and O–H groups in total. The third-order valence-electron chi connectivity index (χ3n) is 3.34. The van der Waals surface area contributed by atoms with Crippen LogP contribution in [-0.2, 0) is 9.53 Å². The molecular formula is C15H21FN2O3. The van der Waals surface area contributed by atoms with E-state index in [-0.39, 0.29) is 11.7 Å². The first-order valence-corrected chi connectivity index (χ1v) is 7.16. The summed E-state index contributed by atoms with van der Waals surface area (Å²) in [5.41, 5.74) is 0. The van der Waals surface area contributed by atoms with Gasteiger partial charge in [0, 0.05) is 26.2 Å². The van der Waals surface area contributed by atoms with E-state index >= 15 is 0 Å². The molecule has 1 amide bonds. The van der Waals surface area contributed by atoms with E-state index in [2.05, 4.69) is 10.2 Å². The second kappa shape index (κ2) is 7.95. The zero-order chi connectivity index (χ0) is 15.1. The number of halogens is 1. The number of hydrogen-bond acceptors (Lipinski definition) is 4. The van der Waals surface area contributed by atoms with Crippen LogP contribution >= 0.6 is 0 Å². The summed E-state index contributed by atoms with van der Waals surface area (Å²) in [6, 6.07) is 6.06. The molecule has 1 aromatic rings. The molecule has 0 aliphatic carbocycles. The van der Waals surface area contributed by atoms with Crippen LogP contribution in [-0.4, -0.2) is 56.3 Å². The Labute approximate surface area is 124 Å². The van der Waals surface area contributed by atoms with Gasteiger partial charge in [-0.2, -0.15) is 0 Å². The van der Waals surface area contributed by atoms with Crippen molar-refractivity contribution in [2.75, 3.05) is 39.4 Å². The molecule has 0 bridgehead atoms. The van der Waals surface area contributed by atoms with Crippen molar-refractivity contribution in [1.82, 2.24) is 10.2 Å². The summed E-state index contributed by atoms with van der Waals surface area (Å²) in [4.78, 5) is 14.1. The Hall–Kier alpha value is -1.66. The first kappa shape index (κ1) is 15.7. The van der Waals surface area contributed by atoms with Gasteiger partial charge in [-0.1, -0.05) is 12.1 Å². The molecule has 1 fully saturated rings. The Kier molecular flexibility index (Phi) is 5.95. The van der Waals surface area contributed by atoms with E-state index in [0.717, 1.165) is 32.8 Å².